The maximum atomic E-state index is 12.4. The second-order valence-electron chi connectivity index (χ2n) is 6.84. The zero-order chi connectivity index (χ0) is 19.1. The SMILES string of the molecule is CCC(CC)C(=O)N1CCC(NC(=O)Nc2ccc(C(C)=O)cc2)CC1. The van der Waals surface area contributed by atoms with Crippen molar-refractivity contribution < 1.29 is 14.4 Å². The Bertz CT molecular complexity index is 630. The molecular formula is C20H29N3O3. The normalized spacial score (nSPS) is 15.0. The monoisotopic (exact) mass is 359 g/mol. The lowest BCUT2D eigenvalue weighted by Crippen LogP contribution is -2.48. The number of hydrogen-bond acceptors (Lipinski definition) is 3. The van der Waals surface area contributed by atoms with Crippen LogP contribution < -0.4 is 10.6 Å². The van der Waals surface area contributed by atoms with Crippen LogP contribution in [-0.2, 0) is 4.79 Å². The van der Waals surface area contributed by atoms with E-state index in [4.69, 9.17) is 0 Å². The van der Waals surface area contributed by atoms with E-state index in [-0.39, 0.29) is 29.7 Å². The quantitative estimate of drug-likeness (QED) is 0.764. The summed E-state index contributed by atoms with van der Waals surface area (Å²) in [6, 6.07) is 6.63. The average Bonchev–Trinajstić information content (AvgIpc) is 2.63. The van der Waals surface area contributed by atoms with Gasteiger partial charge in [0.2, 0.25) is 5.91 Å². The Morgan fingerprint density at radius 2 is 1.65 bits per heavy atom. The van der Waals surface area contributed by atoms with Crippen LogP contribution in [0.5, 0.6) is 0 Å². The minimum absolute atomic E-state index is 0.00399. The van der Waals surface area contributed by atoms with Gasteiger partial charge in [0.05, 0.1) is 0 Å². The topological polar surface area (TPSA) is 78.5 Å². The molecule has 1 aliphatic rings. The number of nitrogens with one attached hydrogen (secondary N) is 2. The van der Waals surface area contributed by atoms with Crippen molar-refractivity contribution >= 4 is 23.4 Å². The lowest BCUT2D eigenvalue weighted by molar-refractivity contribution is -0.136. The number of rotatable bonds is 6. The van der Waals surface area contributed by atoms with E-state index in [0.717, 1.165) is 25.7 Å². The van der Waals surface area contributed by atoms with Crippen LogP contribution in [-0.4, -0.2) is 41.8 Å². The predicted molar refractivity (Wildman–Crippen MR) is 102 cm³/mol. The Morgan fingerprint density at radius 1 is 1.08 bits per heavy atom. The Labute approximate surface area is 155 Å². The van der Waals surface area contributed by atoms with Crippen molar-refractivity contribution in [3.8, 4) is 0 Å². The molecular weight excluding hydrogens is 330 g/mol. The molecule has 0 saturated carbocycles. The van der Waals surface area contributed by atoms with Crippen molar-refractivity contribution in [1.29, 1.82) is 0 Å². The molecule has 142 valence electrons. The number of carbonyl (C=O) groups excluding carboxylic acids is 3. The lowest BCUT2D eigenvalue weighted by Gasteiger charge is -2.34. The van der Waals surface area contributed by atoms with Gasteiger partial charge in [-0.15, -0.1) is 0 Å². The summed E-state index contributed by atoms with van der Waals surface area (Å²) in [4.78, 5) is 37.7. The van der Waals surface area contributed by atoms with Crippen LogP contribution in [0.25, 0.3) is 0 Å². The van der Waals surface area contributed by atoms with Gasteiger partial charge in [-0.1, -0.05) is 13.8 Å². The van der Waals surface area contributed by atoms with Crippen molar-refractivity contribution in [2.24, 2.45) is 5.92 Å². The first kappa shape index (κ1) is 19.9. The minimum atomic E-state index is -0.259. The van der Waals surface area contributed by atoms with Crippen LogP contribution in [0.4, 0.5) is 10.5 Å². The molecule has 0 radical (unpaired) electrons. The molecule has 0 spiro atoms. The summed E-state index contributed by atoms with van der Waals surface area (Å²) >= 11 is 0. The number of ketones is 1. The van der Waals surface area contributed by atoms with E-state index in [1.807, 2.05) is 18.7 Å². The third kappa shape index (κ3) is 5.31. The molecule has 1 aromatic rings. The summed E-state index contributed by atoms with van der Waals surface area (Å²) in [7, 11) is 0. The van der Waals surface area contributed by atoms with Crippen LogP contribution in [0.2, 0.25) is 0 Å². The van der Waals surface area contributed by atoms with Crippen LogP contribution in [0.15, 0.2) is 24.3 Å². The van der Waals surface area contributed by atoms with E-state index < -0.39 is 0 Å². The molecule has 2 rings (SSSR count). The van der Waals surface area contributed by atoms with Gasteiger partial charge in [0.15, 0.2) is 5.78 Å². The molecule has 0 aromatic heterocycles. The van der Waals surface area contributed by atoms with Crippen LogP contribution in [0, 0.1) is 5.92 Å². The Morgan fingerprint density at radius 3 is 2.15 bits per heavy atom. The molecule has 1 aliphatic heterocycles. The molecule has 1 heterocycles. The molecule has 1 aromatic carbocycles. The second kappa shape index (κ2) is 9.36. The molecule has 2 N–H and O–H groups in total. The number of anilines is 1. The average molecular weight is 359 g/mol. The largest absolute Gasteiger partial charge is 0.342 e. The number of Topliss-reactive ketones (excluding diaryl/α,β-unsaturated/α-hetero) is 1. The van der Waals surface area contributed by atoms with E-state index in [9.17, 15) is 14.4 Å². The zero-order valence-corrected chi connectivity index (χ0v) is 15.9. The fraction of sp³-hybridized carbons (Fsp3) is 0.550. The fourth-order valence-corrected chi connectivity index (χ4v) is 3.28. The molecule has 6 heteroatoms. The molecule has 1 fully saturated rings. The number of benzene rings is 1. The summed E-state index contributed by atoms with van der Waals surface area (Å²) < 4.78 is 0. The molecule has 0 atom stereocenters. The van der Waals surface area contributed by atoms with E-state index >= 15 is 0 Å². The second-order valence-corrected chi connectivity index (χ2v) is 6.84. The van der Waals surface area contributed by atoms with Gasteiger partial charge < -0.3 is 15.5 Å². The third-order valence-electron chi connectivity index (χ3n) is 5.03. The molecule has 26 heavy (non-hydrogen) atoms. The summed E-state index contributed by atoms with van der Waals surface area (Å²) in [6.07, 6.45) is 3.28. The Balaban J connectivity index is 1.79. The van der Waals surface area contributed by atoms with E-state index in [2.05, 4.69) is 10.6 Å². The number of urea groups is 1. The smallest absolute Gasteiger partial charge is 0.319 e. The van der Waals surface area contributed by atoms with Gasteiger partial charge in [0, 0.05) is 36.3 Å². The van der Waals surface area contributed by atoms with E-state index in [1.54, 1.807) is 24.3 Å². The van der Waals surface area contributed by atoms with Crippen molar-refractivity contribution in [2.75, 3.05) is 18.4 Å². The number of likely N-dealkylation sites (tertiary alicyclic amines) is 1. The zero-order valence-electron chi connectivity index (χ0n) is 15.9. The standard InChI is InChI=1S/C20H29N3O3/c1-4-15(5-2)19(25)23-12-10-18(11-13-23)22-20(26)21-17-8-6-16(7-9-17)14(3)24/h6-9,15,18H,4-5,10-13H2,1-3H3,(H2,21,22,26). The van der Waals surface area contributed by atoms with Gasteiger partial charge in [-0.2, -0.15) is 0 Å². The van der Waals surface area contributed by atoms with Crippen molar-refractivity contribution in [2.45, 2.75) is 52.5 Å². The molecule has 0 unspecified atom stereocenters. The van der Waals surface area contributed by atoms with Crippen molar-refractivity contribution in [3.05, 3.63) is 29.8 Å². The first-order chi connectivity index (χ1) is 12.4. The first-order valence-electron chi connectivity index (χ1n) is 9.41. The van der Waals surface area contributed by atoms with Gasteiger partial charge in [-0.05, 0) is 56.9 Å². The number of carbonyl (C=O) groups is 3. The fourth-order valence-electron chi connectivity index (χ4n) is 3.28. The summed E-state index contributed by atoms with van der Waals surface area (Å²) in [6.45, 7) is 6.98. The van der Waals surface area contributed by atoms with Crippen LogP contribution in [0.1, 0.15) is 56.8 Å². The number of nitrogens with zero attached hydrogens (tertiary/aromatic N) is 1. The maximum absolute atomic E-state index is 12.4. The number of amides is 3. The molecule has 1 saturated heterocycles. The van der Waals surface area contributed by atoms with Crippen molar-refractivity contribution in [1.82, 2.24) is 10.2 Å². The van der Waals surface area contributed by atoms with Crippen LogP contribution in [0.3, 0.4) is 0 Å². The third-order valence-corrected chi connectivity index (χ3v) is 5.03. The molecule has 3 amide bonds. The molecule has 6 nitrogen and oxygen atoms in total. The van der Waals surface area contributed by atoms with Crippen molar-refractivity contribution in [3.63, 3.8) is 0 Å². The predicted octanol–water partition coefficient (Wildman–Crippen LogP) is 3.44. The van der Waals surface area contributed by atoms with Gasteiger partial charge in [-0.3, -0.25) is 9.59 Å². The lowest BCUT2D eigenvalue weighted by atomic mass is 9.98. The summed E-state index contributed by atoms with van der Waals surface area (Å²) in [5, 5.41) is 5.75. The van der Waals surface area contributed by atoms with Gasteiger partial charge in [0.25, 0.3) is 0 Å². The Hall–Kier alpha value is -2.37. The summed E-state index contributed by atoms with van der Waals surface area (Å²) in [5.74, 6) is 0.347. The first-order valence-corrected chi connectivity index (χ1v) is 9.41. The highest BCUT2D eigenvalue weighted by molar-refractivity contribution is 5.95. The van der Waals surface area contributed by atoms with Crippen LogP contribution >= 0.6 is 0 Å². The molecule has 0 aliphatic carbocycles. The molecule has 0 bridgehead atoms. The highest BCUT2D eigenvalue weighted by Gasteiger charge is 2.27. The van der Waals surface area contributed by atoms with E-state index in [0.29, 0.717) is 24.3 Å². The Kier molecular flexibility index (Phi) is 7.18. The maximum Gasteiger partial charge on any atom is 0.319 e. The van der Waals surface area contributed by atoms with Gasteiger partial charge in [0.1, 0.15) is 0 Å². The summed E-state index contributed by atoms with van der Waals surface area (Å²) in [5.41, 5.74) is 1.26. The minimum Gasteiger partial charge on any atom is -0.342 e. The van der Waals surface area contributed by atoms with Gasteiger partial charge >= 0.3 is 6.03 Å². The highest BCUT2D eigenvalue weighted by Crippen LogP contribution is 2.17. The number of piperidine rings is 1. The number of hydrogen-bond donors (Lipinski definition) is 2. The highest BCUT2D eigenvalue weighted by atomic mass is 16.2. The van der Waals surface area contributed by atoms with E-state index in [1.165, 1.54) is 6.92 Å². The van der Waals surface area contributed by atoms with Gasteiger partial charge in [-0.25, -0.2) is 4.79 Å².